The second-order valence-electron chi connectivity index (χ2n) is 7.84. The number of benzene rings is 1. The van der Waals surface area contributed by atoms with Gasteiger partial charge in [0.2, 0.25) is 0 Å². The van der Waals surface area contributed by atoms with Crippen LogP contribution < -0.4 is 10.1 Å². The standard InChI is InChI=1S/C23H38N2O3/c1-5-25(6-2)16-9-17-27-21-13-11-20(12-14-21)24-22(26)23(28-7-3)15-8-10-19(4)18-23/h11-14,19H,5-10,15-18H2,1-4H3,(H,24,26). The first-order valence-electron chi connectivity index (χ1n) is 10.9. The molecule has 5 heteroatoms. The molecule has 158 valence electrons. The SMILES string of the molecule is CCOC1(C(=O)Nc2ccc(OCCCN(CC)CC)cc2)CCCC(C)C1. The average Bonchev–Trinajstić information content (AvgIpc) is 2.69. The van der Waals surface area contributed by atoms with Gasteiger partial charge in [0.25, 0.3) is 5.91 Å². The van der Waals surface area contributed by atoms with Gasteiger partial charge in [0.15, 0.2) is 0 Å². The minimum atomic E-state index is -0.688. The van der Waals surface area contributed by atoms with Crippen LogP contribution in [-0.4, -0.2) is 49.3 Å². The summed E-state index contributed by atoms with van der Waals surface area (Å²) in [7, 11) is 0. The van der Waals surface area contributed by atoms with E-state index in [2.05, 4.69) is 31.0 Å². The van der Waals surface area contributed by atoms with Gasteiger partial charge in [-0.25, -0.2) is 0 Å². The summed E-state index contributed by atoms with van der Waals surface area (Å²) in [4.78, 5) is 15.4. The fourth-order valence-corrected chi connectivity index (χ4v) is 4.08. The molecular formula is C23H38N2O3. The number of hydrogen-bond acceptors (Lipinski definition) is 4. The minimum absolute atomic E-state index is 0.0196. The normalized spacial score (nSPS) is 22.2. The van der Waals surface area contributed by atoms with Crippen LogP contribution in [0.25, 0.3) is 0 Å². The molecule has 0 bridgehead atoms. The number of amides is 1. The van der Waals surface area contributed by atoms with Gasteiger partial charge in [-0.1, -0.05) is 27.2 Å². The Morgan fingerprint density at radius 2 is 1.93 bits per heavy atom. The second kappa shape index (κ2) is 11.4. The summed E-state index contributed by atoms with van der Waals surface area (Å²) in [5.74, 6) is 1.33. The highest BCUT2D eigenvalue weighted by atomic mass is 16.5. The van der Waals surface area contributed by atoms with Crippen LogP contribution in [0, 0.1) is 5.92 Å². The number of anilines is 1. The van der Waals surface area contributed by atoms with Crippen molar-refractivity contribution in [1.82, 2.24) is 4.90 Å². The van der Waals surface area contributed by atoms with E-state index in [-0.39, 0.29) is 5.91 Å². The Labute approximate surface area is 170 Å². The van der Waals surface area contributed by atoms with E-state index in [1.165, 1.54) is 6.42 Å². The molecule has 1 fully saturated rings. The van der Waals surface area contributed by atoms with Crippen LogP contribution in [0.2, 0.25) is 0 Å². The quantitative estimate of drug-likeness (QED) is 0.556. The van der Waals surface area contributed by atoms with E-state index in [0.717, 1.165) is 56.8 Å². The van der Waals surface area contributed by atoms with Gasteiger partial charge >= 0.3 is 0 Å². The summed E-state index contributed by atoms with van der Waals surface area (Å²) in [6.07, 6.45) is 4.80. The van der Waals surface area contributed by atoms with Gasteiger partial charge in [-0.05, 0) is 75.9 Å². The zero-order valence-electron chi connectivity index (χ0n) is 18.1. The van der Waals surface area contributed by atoms with Crippen molar-refractivity contribution in [3.63, 3.8) is 0 Å². The molecule has 0 saturated heterocycles. The molecule has 1 aromatic carbocycles. The van der Waals surface area contributed by atoms with Crippen molar-refractivity contribution in [2.24, 2.45) is 5.92 Å². The van der Waals surface area contributed by atoms with E-state index in [1.54, 1.807) is 0 Å². The summed E-state index contributed by atoms with van der Waals surface area (Å²) < 4.78 is 11.8. The second-order valence-corrected chi connectivity index (χ2v) is 7.84. The lowest BCUT2D eigenvalue weighted by Gasteiger charge is -2.38. The number of carbonyl (C=O) groups excluding carboxylic acids is 1. The zero-order valence-corrected chi connectivity index (χ0v) is 18.1. The molecule has 0 heterocycles. The van der Waals surface area contributed by atoms with Crippen molar-refractivity contribution < 1.29 is 14.3 Å². The number of nitrogens with one attached hydrogen (secondary N) is 1. The van der Waals surface area contributed by atoms with Crippen LogP contribution in [-0.2, 0) is 9.53 Å². The molecule has 0 radical (unpaired) electrons. The molecule has 0 aliphatic heterocycles. The highest BCUT2D eigenvalue weighted by molar-refractivity contribution is 5.97. The molecule has 2 rings (SSSR count). The molecule has 2 atom stereocenters. The van der Waals surface area contributed by atoms with Crippen LogP contribution in [0.4, 0.5) is 5.69 Å². The van der Waals surface area contributed by atoms with Gasteiger partial charge in [-0.3, -0.25) is 4.79 Å². The molecule has 2 unspecified atom stereocenters. The smallest absolute Gasteiger partial charge is 0.256 e. The highest BCUT2D eigenvalue weighted by Gasteiger charge is 2.42. The Balaban J connectivity index is 1.86. The highest BCUT2D eigenvalue weighted by Crippen LogP contribution is 2.36. The van der Waals surface area contributed by atoms with Gasteiger partial charge in [0, 0.05) is 18.8 Å². The first kappa shape index (κ1) is 22.7. The van der Waals surface area contributed by atoms with E-state index in [9.17, 15) is 4.79 Å². The molecule has 1 aliphatic rings. The van der Waals surface area contributed by atoms with Gasteiger partial charge in [-0.2, -0.15) is 0 Å². The number of hydrogen-bond donors (Lipinski definition) is 1. The minimum Gasteiger partial charge on any atom is -0.494 e. The third kappa shape index (κ3) is 6.49. The van der Waals surface area contributed by atoms with Crippen molar-refractivity contribution in [3.8, 4) is 5.75 Å². The zero-order chi connectivity index (χ0) is 20.4. The molecule has 0 aromatic heterocycles. The largest absolute Gasteiger partial charge is 0.494 e. The maximum absolute atomic E-state index is 13.0. The molecule has 1 saturated carbocycles. The van der Waals surface area contributed by atoms with E-state index >= 15 is 0 Å². The van der Waals surface area contributed by atoms with E-state index in [0.29, 0.717) is 19.1 Å². The Kier molecular flexibility index (Phi) is 9.26. The molecule has 1 aromatic rings. The fraction of sp³-hybridized carbons (Fsp3) is 0.696. The Bertz CT molecular complexity index is 582. The molecule has 0 spiro atoms. The van der Waals surface area contributed by atoms with Crippen molar-refractivity contribution in [2.45, 2.75) is 65.4 Å². The van der Waals surface area contributed by atoms with Crippen LogP contribution >= 0.6 is 0 Å². The van der Waals surface area contributed by atoms with E-state index in [4.69, 9.17) is 9.47 Å². The monoisotopic (exact) mass is 390 g/mol. The lowest BCUT2D eigenvalue weighted by molar-refractivity contribution is -0.147. The van der Waals surface area contributed by atoms with Gasteiger partial charge in [-0.15, -0.1) is 0 Å². The maximum Gasteiger partial charge on any atom is 0.256 e. The molecule has 28 heavy (non-hydrogen) atoms. The predicted octanol–water partition coefficient (Wildman–Crippen LogP) is 4.72. The first-order chi connectivity index (χ1) is 13.5. The van der Waals surface area contributed by atoms with Crippen molar-refractivity contribution >= 4 is 11.6 Å². The topological polar surface area (TPSA) is 50.8 Å². The van der Waals surface area contributed by atoms with Gasteiger partial charge in [0.1, 0.15) is 11.4 Å². The number of rotatable bonds is 11. The molecule has 1 aliphatic carbocycles. The van der Waals surface area contributed by atoms with E-state index in [1.807, 2.05) is 31.2 Å². The van der Waals surface area contributed by atoms with E-state index < -0.39 is 5.60 Å². The third-order valence-corrected chi connectivity index (χ3v) is 5.68. The fourth-order valence-electron chi connectivity index (χ4n) is 4.08. The number of ether oxygens (including phenoxy) is 2. The van der Waals surface area contributed by atoms with Crippen molar-refractivity contribution in [2.75, 3.05) is 38.2 Å². The lowest BCUT2D eigenvalue weighted by Crippen LogP contribution is -2.48. The van der Waals surface area contributed by atoms with Gasteiger partial charge in [0.05, 0.1) is 6.61 Å². The van der Waals surface area contributed by atoms with Crippen LogP contribution in [0.3, 0.4) is 0 Å². The number of carbonyl (C=O) groups is 1. The summed E-state index contributed by atoms with van der Waals surface area (Å²) in [6.45, 7) is 13.0. The maximum atomic E-state index is 13.0. The van der Waals surface area contributed by atoms with Crippen molar-refractivity contribution in [1.29, 1.82) is 0 Å². The van der Waals surface area contributed by atoms with Gasteiger partial charge < -0.3 is 19.7 Å². The molecular weight excluding hydrogens is 352 g/mol. The number of nitrogens with zero attached hydrogens (tertiary/aromatic N) is 1. The Morgan fingerprint density at radius 1 is 1.21 bits per heavy atom. The summed E-state index contributed by atoms with van der Waals surface area (Å²) in [6, 6.07) is 7.65. The van der Waals surface area contributed by atoms with Crippen LogP contribution in [0.1, 0.15) is 59.8 Å². The molecule has 5 nitrogen and oxygen atoms in total. The molecule has 1 amide bonds. The third-order valence-electron chi connectivity index (χ3n) is 5.68. The van der Waals surface area contributed by atoms with Crippen LogP contribution in [0.15, 0.2) is 24.3 Å². The Morgan fingerprint density at radius 3 is 2.54 bits per heavy atom. The Hall–Kier alpha value is -1.59. The summed E-state index contributed by atoms with van der Waals surface area (Å²) >= 11 is 0. The first-order valence-corrected chi connectivity index (χ1v) is 10.9. The molecule has 1 N–H and O–H groups in total. The van der Waals surface area contributed by atoms with Crippen molar-refractivity contribution in [3.05, 3.63) is 24.3 Å². The summed E-state index contributed by atoms with van der Waals surface area (Å²) in [5, 5.41) is 3.06. The summed E-state index contributed by atoms with van der Waals surface area (Å²) in [5.41, 5.74) is 0.101. The van der Waals surface area contributed by atoms with Crippen LogP contribution in [0.5, 0.6) is 5.75 Å². The lowest BCUT2D eigenvalue weighted by atomic mass is 9.78. The average molecular weight is 391 g/mol. The predicted molar refractivity (Wildman–Crippen MR) is 115 cm³/mol.